The summed E-state index contributed by atoms with van der Waals surface area (Å²) in [6.07, 6.45) is 0.351. The van der Waals surface area contributed by atoms with Crippen molar-refractivity contribution in [1.29, 1.82) is 5.26 Å². The lowest BCUT2D eigenvalue weighted by atomic mass is 10.0. The maximum atomic E-state index is 13.3. The maximum absolute atomic E-state index is 13.3. The molecule has 2 aromatic rings. The van der Waals surface area contributed by atoms with Gasteiger partial charge in [-0.05, 0) is 41.8 Å². The summed E-state index contributed by atoms with van der Waals surface area (Å²) in [7, 11) is -1.47. The lowest BCUT2D eigenvalue weighted by Crippen LogP contribution is -2.39. The van der Waals surface area contributed by atoms with Gasteiger partial charge in [-0.25, -0.2) is 0 Å². The summed E-state index contributed by atoms with van der Waals surface area (Å²) in [4.78, 5) is 29.2. The fourth-order valence-corrected chi connectivity index (χ4v) is 5.82. The number of rotatable bonds is 6. The molecule has 9 nitrogen and oxygen atoms in total. The predicted octanol–water partition coefficient (Wildman–Crippen LogP) is 2.43. The molecule has 0 spiro atoms. The molecule has 1 fully saturated rings. The van der Waals surface area contributed by atoms with Crippen LogP contribution >= 0.6 is 10.6 Å². The van der Waals surface area contributed by atoms with Crippen LogP contribution < -0.4 is 5.32 Å². The van der Waals surface area contributed by atoms with E-state index in [9.17, 15) is 29.1 Å². The van der Waals surface area contributed by atoms with Crippen molar-refractivity contribution in [2.24, 2.45) is 0 Å². The molecule has 0 aliphatic carbocycles. The van der Waals surface area contributed by atoms with E-state index >= 15 is 0 Å². The van der Waals surface area contributed by atoms with Crippen molar-refractivity contribution in [3.63, 3.8) is 0 Å². The van der Waals surface area contributed by atoms with Crippen LogP contribution in [0.4, 0.5) is 5.69 Å². The number of likely N-dealkylation sites (tertiary alicyclic amines) is 1. The number of carbonyl (C=O) groups is 2. The van der Waals surface area contributed by atoms with Crippen LogP contribution in [0.5, 0.6) is 0 Å². The number of nitrogens with zero attached hydrogens (tertiary/aromatic N) is 3. The fourth-order valence-electron chi connectivity index (χ4n) is 4.48. The van der Waals surface area contributed by atoms with Crippen LogP contribution in [0, 0.1) is 11.3 Å². The Morgan fingerprint density at radius 2 is 2.12 bits per heavy atom. The van der Waals surface area contributed by atoms with Crippen molar-refractivity contribution in [1.82, 2.24) is 9.80 Å². The molecule has 0 aromatic heterocycles. The highest BCUT2D eigenvalue weighted by atomic mass is 32.3. The molecule has 2 atom stereocenters. The molecule has 4 N–H and O–H groups in total. The summed E-state index contributed by atoms with van der Waals surface area (Å²) >= 11 is 0. The Balaban J connectivity index is 1.56. The highest BCUT2D eigenvalue weighted by Gasteiger charge is 2.31. The molecule has 2 heterocycles. The lowest BCUT2D eigenvalue weighted by molar-refractivity contribution is -0.131. The Morgan fingerprint density at radius 1 is 1.32 bits per heavy atom. The van der Waals surface area contributed by atoms with Gasteiger partial charge >= 0.3 is 0 Å². The van der Waals surface area contributed by atoms with Crippen LogP contribution in [0.25, 0.3) is 0 Å². The molecule has 1 unspecified atom stereocenters. The summed E-state index contributed by atoms with van der Waals surface area (Å²) in [5.74, 6) is -1.01. The molecule has 10 heteroatoms. The maximum Gasteiger partial charge on any atom is 0.244 e. The number of nitrogens with one attached hydrogen (secondary N) is 1. The Morgan fingerprint density at radius 3 is 2.82 bits per heavy atom. The number of β-amino-alcohol motifs (C(OH)–C–C–N with tert-alkyl or cyclic N) is 1. The van der Waals surface area contributed by atoms with Crippen molar-refractivity contribution >= 4 is 28.1 Å². The third kappa shape index (κ3) is 5.24. The van der Waals surface area contributed by atoms with Crippen LogP contribution in [-0.2, 0) is 16.0 Å². The Bertz CT molecular complexity index is 1150. The molecule has 2 aromatic carbocycles. The molecule has 4 rings (SSSR count). The highest BCUT2D eigenvalue weighted by Crippen LogP contribution is 2.53. The number of hydrogen-bond donors (Lipinski definition) is 4. The second kappa shape index (κ2) is 9.74. The minimum atomic E-state index is -3.19. The first kappa shape index (κ1) is 24.2. The van der Waals surface area contributed by atoms with E-state index in [-0.39, 0.29) is 35.1 Å². The van der Waals surface area contributed by atoms with Crippen LogP contribution in [0.2, 0.25) is 0 Å². The first-order valence-corrected chi connectivity index (χ1v) is 12.7. The Labute approximate surface area is 200 Å². The lowest BCUT2D eigenvalue weighted by Gasteiger charge is -2.37. The summed E-state index contributed by atoms with van der Waals surface area (Å²) in [6, 6.07) is 13.8. The number of fused-ring (bicyclic) bond motifs is 1. The molecule has 0 bridgehead atoms. The number of hydrogen-bond acceptors (Lipinski definition) is 7. The van der Waals surface area contributed by atoms with E-state index in [2.05, 4.69) is 16.3 Å². The van der Waals surface area contributed by atoms with Gasteiger partial charge in [0.2, 0.25) is 11.8 Å². The van der Waals surface area contributed by atoms with E-state index in [1.807, 2.05) is 6.07 Å². The van der Waals surface area contributed by atoms with Gasteiger partial charge in [-0.1, -0.05) is 18.2 Å². The first-order chi connectivity index (χ1) is 16.2. The highest BCUT2D eigenvalue weighted by molar-refractivity contribution is 8.25. The summed E-state index contributed by atoms with van der Waals surface area (Å²) in [5, 5.41) is 21.9. The largest absolute Gasteiger partial charge is 0.392 e. The van der Waals surface area contributed by atoms with Gasteiger partial charge in [0.1, 0.15) is 5.75 Å². The van der Waals surface area contributed by atoms with Gasteiger partial charge < -0.3 is 15.3 Å². The quantitative estimate of drug-likeness (QED) is 0.494. The van der Waals surface area contributed by atoms with Crippen molar-refractivity contribution in [3.05, 3.63) is 59.2 Å². The van der Waals surface area contributed by atoms with E-state index in [0.29, 0.717) is 36.3 Å². The molecule has 1 saturated heterocycles. The topological polar surface area (TPSA) is 137 Å². The standard InChI is InChI=1S/C24H28N4O5S/c1-27(21(14-28-8-7-19(29)13-28)18-4-2-3-17(9-18)12-25)24(31)11-16-5-6-22-20(10-16)26-23(30)15-34(22,32)33/h2-6,9-10,19,21,29,32-33H,7-8,11,13-15H2,1H3,(H,26,30)/t19?,21-/m1/s1. The zero-order valence-corrected chi connectivity index (χ0v) is 19.7. The van der Waals surface area contributed by atoms with Crippen LogP contribution in [0.15, 0.2) is 47.4 Å². The van der Waals surface area contributed by atoms with Crippen LogP contribution in [0.1, 0.15) is 29.2 Å². The van der Waals surface area contributed by atoms with E-state index in [1.165, 1.54) is 0 Å². The third-order valence-electron chi connectivity index (χ3n) is 6.30. The number of aliphatic hydroxyl groups excluding tert-OH is 1. The summed E-state index contributed by atoms with van der Waals surface area (Å²) < 4.78 is 20.4. The Kier molecular flexibility index (Phi) is 6.93. The predicted molar refractivity (Wildman–Crippen MR) is 128 cm³/mol. The first-order valence-electron chi connectivity index (χ1n) is 11.0. The number of anilines is 1. The second-order valence-electron chi connectivity index (χ2n) is 8.83. The number of amides is 2. The molecule has 0 radical (unpaired) electrons. The molecular weight excluding hydrogens is 456 g/mol. The molecular formula is C24H28N4O5S. The monoisotopic (exact) mass is 484 g/mol. The summed E-state index contributed by atoms with van der Waals surface area (Å²) in [6.45, 7) is 1.79. The van der Waals surface area contributed by atoms with Gasteiger partial charge in [0.05, 0.1) is 40.8 Å². The van der Waals surface area contributed by atoms with Gasteiger partial charge in [-0.15, -0.1) is 0 Å². The average Bonchev–Trinajstić information content (AvgIpc) is 3.20. The number of nitriles is 1. The zero-order valence-electron chi connectivity index (χ0n) is 18.8. The van der Waals surface area contributed by atoms with Gasteiger partial charge in [-0.3, -0.25) is 23.6 Å². The molecule has 2 aliphatic rings. The normalized spacial score (nSPS) is 21.1. The molecule has 0 saturated carbocycles. The van der Waals surface area contributed by atoms with Crippen molar-refractivity contribution in [2.75, 3.05) is 37.8 Å². The van der Waals surface area contributed by atoms with Gasteiger partial charge in [0.15, 0.2) is 0 Å². The third-order valence-corrected chi connectivity index (χ3v) is 8.02. The minimum absolute atomic E-state index is 0.0515. The fraction of sp³-hybridized carbons (Fsp3) is 0.375. The van der Waals surface area contributed by atoms with Crippen molar-refractivity contribution in [2.45, 2.75) is 29.9 Å². The van der Waals surface area contributed by atoms with Crippen molar-refractivity contribution < 1.29 is 23.8 Å². The molecule has 2 aliphatic heterocycles. The number of benzene rings is 2. The van der Waals surface area contributed by atoms with Gasteiger partial charge in [-0.2, -0.15) is 15.9 Å². The van der Waals surface area contributed by atoms with E-state index in [1.54, 1.807) is 48.3 Å². The van der Waals surface area contributed by atoms with E-state index in [0.717, 1.165) is 12.1 Å². The van der Waals surface area contributed by atoms with Crippen LogP contribution in [-0.4, -0.2) is 74.4 Å². The molecule has 180 valence electrons. The Hall–Kier alpha value is -2.94. The van der Waals surface area contributed by atoms with Crippen molar-refractivity contribution in [3.8, 4) is 6.07 Å². The SMILES string of the molecule is CN(C(=O)Cc1ccc2c(c1)NC(=O)CS2(O)O)[C@H](CN1CCC(O)C1)c1cccc(C#N)c1. The zero-order chi connectivity index (χ0) is 24.5. The number of carbonyl (C=O) groups excluding carboxylic acids is 2. The smallest absolute Gasteiger partial charge is 0.244 e. The van der Waals surface area contributed by atoms with Crippen LogP contribution in [0.3, 0.4) is 0 Å². The summed E-state index contributed by atoms with van der Waals surface area (Å²) in [5.41, 5.74) is 2.29. The van der Waals surface area contributed by atoms with E-state index < -0.39 is 16.5 Å². The van der Waals surface area contributed by atoms with E-state index in [4.69, 9.17) is 0 Å². The average molecular weight is 485 g/mol. The molecule has 2 amide bonds. The minimum Gasteiger partial charge on any atom is -0.392 e. The van der Waals surface area contributed by atoms with Gasteiger partial charge in [0.25, 0.3) is 0 Å². The van der Waals surface area contributed by atoms with Gasteiger partial charge in [0, 0.05) is 26.7 Å². The number of likely N-dealkylation sites (N-methyl/N-ethyl adjacent to an activating group) is 1. The number of aliphatic hydroxyl groups is 1. The molecule has 34 heavy (non-hydrogen) atoms. The second-order valence-corrected chi connectivity index (χ2v) is 10.9.